The van der Waals surface area contributed by atoms with E-state index in [9.17, 15) is 14.0 Å². The highest BCUT2D eigenvalue weighted by atomic mass is 19.1. The van der Waals surface area contributed by atoms with Crippen LogP contribution >= 0.6 is 0 Å². The van der Waals surface area contributed by atoms with Gasteiger partial charge in [0.15, 0.2) is 0 Å². The molecule has 0 aliphatic carbocycles. The number of amides is 1. The molecule has 2 N–H and O–H groups in total. The summed E-state index contributed by atoms with van der Waals surface area (Å²) in [5, 5.41) is 11.7. The number of rotatable bonds is 4. The highest BCUT2D eigenvalue weighted by Gasteiger charge is 2.28. The van der Waals surface area contributed by atoms with Gasteiger partial charge in [0.2, 0.25) is 5.91 Å². The summed E-state index contributed by atoms with van der Waals surface area (Å²) >= 11 is 0. The summed E-state index contributed by atoms with van der Waals surface area (Å²) in [5.74, 6) is -1.59. The van der Waals surface area contributed by atoms with Gasteiger partial charge in [-0.25, -0.2) is 4.39 Å². The molecule has 128 valence electrons. The average Bonchev–Trinajstić information content (AvgIpc) is 2.71. The predicted molar refractivity (Wildman–Crippen MR) is 89.7 cm³/mol. The van der Waals surface area contributed by atoms with Crippen molar-refractivity contribution in [3.05, 3.63) is 59.4 Å². The highest BCUT2D eigenvalue weighted by molar-refractivity contribution is 6.20. The van der Waals surface area contributed by atoms with Crippen LogP contribution in [0.3, 0.4) is 0 Å². The van der Waals surface area contributed by atoms with E-state index in [2.05, 4.69) is 10.3 Å². The van der Waals surface area contributed by atoms with Gasteiger partial charge in [0.05, 0.1) is 24.9 Å². The van der Waals surface area contributed by atoms with Crippen LogP contribution in [0, 0.1) is 5.82 Å². The monoisotopic (exact) mass is 342 g/mol. The highest BCUT2D eigenvalue weighted by Crippen LogP contribution is 2.28. The Kier molecular flexibility index (Phi) is 4.47. The number of aliphatic carboxylic acids is 1. The number of fused-ring (bicyclic) bond motifs is 1. The van der Waals surface area contributed by atoms with Gasteiger partial charge in [-0.05, 0) is 30.3 Å². The van der Waals surface area contributed by atoms with Crippen molar-refractivity contribution in [2.24, 2.45) is 4.99 Å². The Balaban J connectivity index is 2.20. The Morgan fingerprint density at radius 1 is 1.32 bits per heavy atom. The molecule has 6 nitrogen and oxygen atoms in total. The molecule has 7 heteroatoms. The van der Waals surface area contributed by atoms with Crippen LogP contribution in [0.4, 0.5) is 10.1 Å². The number of anilines is 1. The Morgan fingerprint density at radius 2 is 2.12 bits per heavy atom. The molecule has 3 rings (SSSR count). The van der Waals surface area contributed by atoms with Crippen LogP contribution in [-0.4, -0.2) is 35.8 Å². The summed E-state index contributed by atoms with van der Waals surface area (Å²) in [6.45, 7) is 0. The number of hydrogen-bond acceptors (Lipinski definition) is 4. The summed E-state index contributed by atoms with van der Waals surface area (Å²) in [5.41, 5.74) is 1.77. The number of benzodiazepines with no additional fused rings is 1. The first kappa shape index (κ1) is 16.6. The number of carbonyl (C=O) groups is 2. The van der Waals surface area contributed by atoms with Crippen LogP contribution in [-0.2, 0) is 9.59 Å². The van der Waals surface area contributed by atoms with Crippen molar-refractivity contribution in [2.45, 2.75) is 12.5 Å². The minimum atomic E-state index is -1.15. The molecule has 1 amide bonds. The largest absolute Gasteiger partial charge is 0.497 e. The maximum atomic E-state index is 13.7. The molecular formula is C18H15FN2O4. The van der Waals surface area contributed by atoms with Gasteiger partial charge >= 0.3 is 5.97 Å². The summed E-state index contributed by atoms with van der Waals surface area (Å²) in [7, 11) is 1.50. The summed E-state index contributed by atoms with van der Waals surface area (Å²) in [4.78, 5) is 27.7. The Bertz CT molecular complexity index is 879. The fraction of sp³-hybridized carbons (Fsp3) is 0.167. The molecule has 0 radical (unpaired) electrons. The molecule has 0 unspecified atom stereocenters. The molecule has 1 atom stereocenters. The van der Waals surface area contributed by atoms with E-state index in [-0.39, 0.29) is 0 Å². The van der Waals surface area contributed by atoms with Crippen LogP contribution in [0.5, 0.6) is 5.75 Å². The van der Waals surface area contributed by atoms with E-state index in [0.717, 1.165) is 0 Å². The SMILES string of the molecule is COc1ccc2c(c1)C(c1cccc(F)c1)=N[C@@H](CC(=O)O)C(=O)N2. The number of nitrogens with one attached hydrogen (secondary N) is 1. The summed E-state index contributed by atoms with van der Waals surface area (Å²) < 4.78 is 18.9. The van der Waals surface area contributed by atoms with Crippen molar-refractivity contribution in [2.75, 3.05) is 12.4 Å². The van der Waals surface area contributed by atoms with Gasteiger partial charge in [0, 0.05) is 11.1 Å². The number of ether oxygens (including phenoxy) is 1. The number of benzene rings is 2. The Morgan fingerprint density at radius 3 is 2.80 bits per heavy atom. The van der Waals surface area contributed by atoms with Gasteiger partial charge in [-0.1, -0.05) is 12.1 Å². The maximum absolute atomic E-state index is 13.7. The zero-order chi connectivity index (χ0) is 18.0. The first-order valence-electron chi connectivity index (χ1n) is 7.52. The Hall–Kier alpha value is -3.22. The molecular weight excluding hydrogens is 327 g/mol. The lowest BCUT2D eigenvalue weighted by atomic mass is 10.00. The molecule has 25 heavy (non-hydrogen) atoms. The smallest absolute Gasteiger partial charge is 0.306 e. The first-order chi connectivity index (χ1) is 12.0. The lowest BCUT2D eigenvalue weighted by Gasteiger charge is -2.11. The van der Waals surface area contributed by atoms with Crippen molar-refractivity contribution < 1.29 is 23.8 Å². The van der Waals surface area contributed by atoms with Crippen LogP contribution in [0.25, 0.3) is 0 Å². The van der Waals surface area contributed by atoms with E-state index < -0.39 is 30.2 Å². The minimum Gasteiger partial charge on any atom is -0.497 e. The molecule has 2 aromatic carbocycles. The second-order valence-corrected chi connectivity index (χ2v) is 5.50. The van der Waals surface area contributed by atoms with E-state index in [0.29, 0.717) is 28.3 Å². The van der Waals surface area contributed by atoms with Gasteiger partial charge in [0.1, 0.15) is 17.6 Å². The van der Waals surface area contributed by atoms with Gasteiger partial charge in [-0.3, -0.25) is 14.6 Å². The standard InChI is InChI=1S/C18H15FN2O4/c1-25-12-5-6-14-13(8-12)17(10-3-2-4-11(19)7-10)20-15(9-16(22)23)18(24)21-14/h2-8,15H,9H2,1H3,(H,21,24)(H,22,23)/t15-/m0/s1. The molecule has 0 saturated carbocycles. The molecule has 0 saturated heterocycles. The molecule has 0 bridgehead atoms. The number of aliphatic imine (C=N–C) groups is 1. The minimum absolute atomic E-state index is 0.331. The number of hydrogen-bond donors (Lipinski definition) is 2. The van der Waals surface area contributed by atoms with Gasteiger partial charge in [-0.2, -0.15) is 0 Å². The molecule has 0 spiro atoms. The summed E-state index contributed by atoms with van der Waals surface area (Å²) in [6, 6.07) is 9.63. The van der Waals surface area contributed by atoms with Crippen LogP contribution in [0.2, 0.25) is 0 Å². The fourth-order valence-electron chi connectivity index (χ4n) is 2.62. The fourth-order valence-corrected chi connectivity index (χ4v) is 2.62. The van der Waals surface area contributed by atoms with Gasteiger partial charge < -0.3 is 15.2 Å². The lowest BCUT2D eigenvalue weighted by Crippen LogP contribution is -2.28. The van der Waals surface area contributed by atoms with E-state index in [1.807, 2.05) is 0 Å². The zero-order valence-electron chi connectivity index (χ0n) is 13.3. The van der Waals surface area contributed by atoms with Gasteiger partial charge in [-0.15, -0.1) is 0 Å². The second kappa shape index (κ2) is 6.72. The predicted octanol–water partition coefficient (Wildman–Crippen LogP) is 2.47. The van der Waals surface area contributed by atoms with Crippen molar-refractivity contribution in [3.8, 4) is 5.75 Å². The number of carbonyl (C=O) groups excluding carboxylic acids is 1. The zero-order valence-corrected chi connectivity index (χ0v) is 13.3. The Labute approximate surface area is 143 Å². The third-order valence-corrected chi connectivity index (χ3v) is 3.79. The number of nitrogens with zero attached hydrogens (tertiary/aromatic N) is 1. The quantitative estimate of drug-likeness (QED) is 0.893. The van der Waals surface area contributed by atoms with Crippen molar-refractivity contribution >= 4 is 23.3 Å². The summed E-state index contributed by atoms with van der Waals surface area (Å²) in [6.07, 6.45) is -0.463. The molecule has 1 aliphatic heterocycles. The molecule has 1 aliphatic rings. The van der Waals surface area contributed by atoms with E-state index >= 15 is 0 Å². The van der Waals surface area contributed by atoms with Crippen LogP contribution < -0.4 is 10.1 Å². The number of halogens is 1. The molecule has 2 aromatic rings. The lowest BCUT2D eigenvalue weighted by molar-refractivity contribution is -0.138. The van der Waals surface area contributed by atoms with Crippen LogP contribution in [0.1, 0.15) is 17.5 Å². The molecule has 0 fully saturated rings. The van der Waals surface area contributed by atoms with Crippen molar-refractivity contribution in [3.63, 3.8) is 0 Å². The molecule has 0 aromatic heterocycles. The second-order valence-electron chi connectivity index (χ2n) is 5.50. The number of carboxylic acid groups (broad SMARTS) is 1. The number of carboxylic acids is 1. The average molecular weight is 342 g/mol. The first-order valence-corrected chi connectivity index (χ1v) is 7.52. The van der Waals surface area contributed by atoms with Crippen molar-refractivity contribution in [1.29, 1.82) is 0 Å². The van der Waals surface area contributed by atoms with E-state index in [4.69, 9.17) is 9.84 Å². The van der Waals surface area contributed by atoms with Crippen LogP contribution in [0.15, 0.2) is 47.5 Å². The van der Waals surface area contributed by atoms with E-state index in [1.54, 1.807) is 24.3 Å². The topological polar surface area (TPSA) is 88.0 Å². The van der Waals surface area contributed by atoms with Crippen molar-refractivity contribution in [1.82, 2.24) is 0 Å². The van der Waals surface area contributed by atoms with E-state index in [1.165, 1.54) is 25.3 Å². The van der Waals surface area contributed by atoms with Gasteiger partial charge in [0.25, 0.3) is 0 Å². The third kappa shape index (κ3) is 3.50. The third-order valence-electron chi connectivity index (χ3n) is 3.79. The normalized spacial score (nSPS) is 16.3. The maximum Gasteiger partial charge on any atom is 0.306 e. The number of methoxy groups -OCH3 is 1. The molecule has 1 heterocycles.